The van der Waals surface area contributed by atoms with Crippen LogP contribution >= 0.6 is 0 Å². The van der Waals surface area contributed by atoms with E-state index in [-0.39, 0.29) is 5.78 Å². The van der Waals surface area contributed by atoms with Gasteiger partial charge in [-0.15, -0.1) is 0 Å². The standard InChI is InChI=1S/C19H21BN2O2.C12H2BN/c1-14-18(15(2)23)19(21-3)24-20(22-14,16-10-6-4-7-11-16)17-12-8-5-9-13-17;1-3-5-7-9-11-13-14-12-10-8-6-4-2/h4-13,21-22H,1-3H3;1-2H. The van der Waals surface area contributed by atoms with Crippen LogP contribution in [-0.2, 0) is 9.45 Å². The molecule has 0 amide bonds. The van der Waals surface area contributed by atoms with Crippen LogP contribution in [-0.4, -0.2) is 32.1 Å². The van der Waals surface area contributed by atoms with Gasteiger partial charge in [-0.2, -0.15) is 0 Å². The molecule has 0 atom stereocenters. The van der Waals surface area contributed by atoms with Crippen LogP contribution in [0.5, 0.6) is 0 Å². The van der Waals surface area contributed by atoms with Gasteiger partial charge in [-0.25, -0.2) is 0 Å². The van der Waals surface area contributed by atoms with E-state index in [1.165, 1.54) is 7.07 Å². The molecule has 1 heterocycles. The van der Waals surface area contributed by atoms with Crippen molar-refractivity contribution in [2.75, 3.05) is 7.05 Å². The minimum absolute atomic E-state index is 0.0325. The largest absolute Gasteiger partial charge is 0.638 e. The Balaban J connectivity index is 0.000000312. The summed E-state index contributed by atoms with van der Waals surface area (Å²) in [5, 5.41) is 3.05. The van der Waals surface area contributed by atoms with Crippen molar-refractivity contribution >= 4 is 36.0 Å². The molecular formula is C31H23B2N3O2. The van der Waals surface area contributed by atoms with Gasteiger partial charge in [-0.05, 0) is 6.92 Å². The predicted molar refractivity (Wildman–Crippen MR) is 154 cm³/mol. The van der Waals surface area contributed by atoms with Gasteiger partial charge in [0, 0.05) is 14.0 Å². The number of carbonyl (C=O) groups excluding carboxylic acids is 1. The Bertz CT molecular complexity index is 1500. The third kappa shape index (κ3) is 7.98. The van der Waals surface area contributed by atoms with Crippen molar-refractivity contribution < 1.29 is 14.4 Å². The second kappa shape index (κ2) is 15.4. The van der Waals surface area contributed by atoms with Crippen molar-refractivity contribution in [1.82, 2.24) is 5.32 Å². The number of nitrogens with zero attached hydrogens (tertiary/aromatic N) is 1. The molecule has 0 spiro atoms. The third-order valence-corrected chi connectivity index (χ3v) is 5.15. The van der Waals surface area contributed by atoms with E-state index in [0.717, 1.165) is 16.6 Å². The van der Waals surface area contributed by atoms with Crippen LogP contribution in [0.4, 0.5) is 0 Å². The number of rotatable bonds is 4. The molecule has 1 aliphatic heterocycles. The Hall–Kier alpha value is -5.59. The Morgan fingerprint density at radius 1 is 0.921 bits per heavy atom. The number of Topliss-reactive ketones (excluding diaryl/α,β-unsaturated/α-hetero) is 1. The second-order valence-corrected chi connectivity index (χ2v) is 7.56. The van der Waals surface area contributed by atoms with Crippen LogP contribution in [0.2, 0.25) is 0 Å². The molecule has 2 N–H and O–H groups in total. The monoisotopic (exact) mass is 491 g/mol. The Kier molecular flexibility index (Phi) is 11.6. The summed E-state index contributed by atoms with van der Waals surface area (Å²) >= 11 is 0. The Morgan fingerprint density at radius 2 is 1.47 bits per heavy atom. The molecule has 0 saturated carbocycles. The molecule has 0 fully saturated rings. The van der Waals surface area contributed by atoms with Gasteiger partial charge >= 0.3 is 90.5 Å². The summed E-state index contributed by atoms with van der Waals surface area (Å²) in [6, 6.07) is 22.5. The first-order chi connectivity index (χ1) is 18.5. The molecule has 0 bridgehead atoms. The number of carbonyl (C=O) groups is 1. The zero-order valence-electron chi connectivity index (χ0n) is 21.3. The minimum Gasteiger partial charge on any atom is -0.638 e. The average molecular weight is 491 g/mol. The van der Waals surface area contributed by atoms with Gasteiger partial charge in [0.1, 0.15) is 11.3 Å². The van der Waals surface area contributed by atoms with Crippen molar-refractivity contribution in [2.45, 2.75) is 13.8 Å². The molecule has 0 unspecified atom stereocenters. The van der Waals surface area contributed by atoms with E-state index in [1.807, 2.05) is 67.6 Å². The molecule has 3 rings (SSSR count). The van der Waals surface area contributed by atoms with Crippen molar-refractivity contribution in [3.05, 3.63) is 72.1 Å². The number of allylic oxidation sites excluding steroid dienone is 1. The summed E-state index contributed by atoms with van der Waals surface area (Å²) in [6.07, 6.45) is 9.71. The average Bonchev–Trinajstić information content (AvgIpc) is 2.94. The molecule has 5 nitrogen and oxygen atoms in total. The molecule has 180 valence electrons. The van der Waals surface area contributed by atoms with Crippen LogP contribution in [0.3, 0.4) is 0 Å². The van der Waals surface area contributed by atoms with Gasteiger partial charge in [0.15, 0.2) is 11.7 Å². The number of terminal acetylenes is 2. The van der Waals surface area contributed by atoms with E-state index in [4.69, 9.17) is 17.5 Å². The number of nitrogens with one attached hydrogen (secondary N) is 2. The molecule has 0 aliphatic carbocycles. The van der Waals surface area contributed by atoms with E-state index < -0.39 is 6.48 Å². The Labute approximate surface area is 225 Å². The molecule has 7 heteroatoms. The maximum absolute atomic E-state index is 12.0. The summed E-state index contributed by atoms with van der Waals surface area (Å²) in [4.78, 5) is 19.1. The summed E-state index contributed by atoms with van der Waals surface area (Å²) in [6.45, 7) is 1.75. The van der Waals surface area contributed by atoms with Gasteiger partial charge < -0.3 is 14.9 Å². The van der Waals surface area contributed by atoms with Gasteiger partial charge in [-0.3, -0.25) is 4.79 Å². The fourth-order valence-electron chi connectivity index (χ4n) is 3.69. The number of hydrogen-bond donors (Lipinski definition) is 2. The van der Waals surface area contributed by atoms with E-state index >= 15 is 0 Å². The molecular weight excluding hydrogens is 468 g/mol. The van der Waals surface area contributed by atoms with E-state index in [0.29, 0.717) is 11.5 Å². The molecule has 0 aromatic heterocycles. The zero-order chi connectivity index (χ0) is 27.6. The third-order valence-electron chi connectivity index (χ3n) is 5.15. The summed E-state index contributed by atoms with van der Waals surface area (Å²) in [5.74, 6) is 21.5. The molecule has 38 heavy (non-hydrogen) atoms. The van der Waals surface area contributed by atoms with Crippen molar-refractivity contribution in [1.29, 1.82) is 0 Å². The normalized spacial score (nSPS) is 12.0. The first kappa shape index (κ1) is 28.6. The zero-order valence-corrected chi connectivity index (χ0v) is 21.3. The van der Waals surface area contributed by atoms with E-state index in [1.54, 1.807) is 14.0 Å². The van der Waals surface area contributed by atoms with Gasteiger partial charge in [0.2, 0.25) is 0 Å². The van der Waals surface area contributed by atoms with E-state index in [2.05, 4.69) is 74.3 Å². The van der Waals surface area contributed by atoms with Crippen LogP contribution in [0.25, 0.3) is 0 Å². The summed E-state index contributed by atoms with van der Waals surface area (Å²) in [7, 11) is 3.07. The van der Waals surface area contributed by atoms with Crippen molar-refractivity contribution in [3.63, 3.8) is 0 Å². The van der Waals surface area contributed by atoms with Gasteiger partial charge in [0.05, 0.1) is 0 Å². The first-order valence-corrected chi connectivity index (χ1v) is 11.4. The molecule has 0 saturated heterocycles. The number of benzene rings is 2. The second-order valence-electron chi connectivity index (χ2n) is 7.56. The predicted octanol–water partition coefficient (Wildman–Crippen LogP) is -0.0961. The molecule has 1 aliphatic rings. The van der Waals surface area contributed by atoms with Crippen LogP contribution in [0.15, 0.2) is 77.0 Å². The Morgan fingerprint density at radius 3 is 1.97 bits per heavy atom. The van der Waals surface area contributed by atoms with E-state index in [9.17, 15) is 4.79 Å². The van der Waals surface area contributed by atoms with Crippen LogP contribution in [0, 0.1) is 72.1 Å². The molecule has 0 radical (unpaired) electrons. The topological polar surface area (TPSA) is 64.7 Å². The quantitative estimate of drug-likeness (QED) is 0.465. The van der Waals surface area contributed by atoms with Gasteiger partial charge in [0.25, 0.3) is 0 Å². The summed E-state index contributed by atoms with van der Waals surface area (Å²) < 4.78 is 6.42. The van der Waals surface area contributed by atoms with Crippen molar-refractivity contribution in [3.8, 4) is 72.1 Å². The molecule has 2 aromatic carbocycles. The van der Waals surface area contributed by atoms with Gasteiger partial charge in [-0.1, -0.05) is 71.6 Å². The number of hydrogen-bond acceptors (Lipinski definition) is 4. The minimum atomic E-state index is -1.71. The van der Waals surface area contributed by atoms with Crippen LogP contribution < -0.4 is 21.1 Å². The maximum atomic E-state index is 12.0. The van der Waals surface area contributed by atoms with Crippen molar-refractivity contribution in [2.24, 2.45) is 4.90 Å². The van der Waals surface area contributed by atoms with Crippen LogP contribution in [0.1, 0.15) is 13.8 Å². The molecule has 2 aromatic rings. The summed E-state index contributed by atoms with van der Waals surface area (Å²) in [5.41, 5.74) is 3.42. The maximum Gasteiger partial charge on any atom is 0.507 e. The first-order valence-electron chi connectivity index (χ1n) is 11.4. The SMILES string of the molecule is C#CC#CC#CB=NC#CC#CC#C.CNC1=C(C(C)=O)C(C)=[NH+][B-](c2ccccc2)(c2ccccc2)O1. The fourth-order valence-corrected chi connectivity index (χ4v) is 3.69. The number of ketones is 1. The smallest absolute Gasteiger partial charge is 0.507 e. The fraction of sp³-hybridized carbons (Fsp3) is 0.0968.